The summed E-state index contributed by atoms with van der Waals surface area (Å²) in [6.07, 6.45) is 2.31. The molecule has 1 aromatic carbocycles. The number of benzene rings is 1. The van der Waals surface area contributed by atoms with Gasteiger partial charge in [0.05, 0.1) is 13.3 Å². The largest absolute Gasteiger partial charge is 0.497 e. The standard InChI is InChI=1S/C13H13N5O/c1-19-9-4-2-3-8(5-9)6-11-16-10-7-15-13(14)18-12(10)17-11/h2-5,7H,6H2,1H3,(H3,14,15,16,17,18). The van der Waals surface area contributed by atoms with Crippen molar-refractivity contribution < 1.29 is 4.74 Å². The Morgan fingerprint density at radius 1 is 1.32 bits per heavy atom. The topological polar surface area (TPSA) is 89.7 Å². The molecule has 0 aliphatic heterocycles. The fourth-order valence-corrected chi connectivity index (χ4v) is 1.93. The molecule has 3 rings (SSSR count). The number of H-pyrrole nitrogens is 1. The van der Waals surface area contributed by atoms with Crippen molar-refractivity contribution in [3.05, 3.63) is 41.9 Å². The molecule has 19 heavy (non-hydrogen) atoms. The van der Waals surface area contributed by atoms with Crippen LogP contribution in [0.2, 0.25) is 0 Å². The zero-order chi connectivity index (χ0) is 13.2. The molecule has 0 radical (unpaired) electrons. The quantitative estimate of drug-likeness (QED) is 0.740. The second-order valence-electron chi connectivity index (χ2n) is 4.18. The van der Waals surface area contributed by atoms with Crippen molar-refractivity contribution >= 4 is 17.1 Å². The summed E-state index contributed by atoms with van der Waals surface area (Å²) in [6, 6.07) is 7.87. The van der Waals surface area contributed by atoms with Crippen LogP contribution in [-0.4, -0.2) is 27.0 Å². The van der Waals surface area contributed by atoms with E-state index in [0.717, 1.165) is 22.7 Å². The van der Waals surface area contributed by atoms with Gasteiger partial charge in [-0.1, -0.05) is 12.1 Å². The first-order valence-corrected chi connectivity index (χ1v) is 5.84. The Morgan fingerprint density at radius 3 is 3.05 bits per heavy atom. The molecule has 3 aromatic rings. The zero-order valence-electron chi connectivity index (χ0n) is 10.4. The van der Waals surface area contributed by atoms with Crippen LogP contribution >= 0.6 is 0 Å². The summed E-state index contributed by atoms with van der Waals surface area (Å²) in [4.78, 5) is 15.6. The highest BCUT2D eigenvalue weighted by Crippen LogP contribution is 2.16. The van der Waals surface area contributed by atoms with Crippen LogP contribution in [0.15, 0.2) is 30.5 Å². The third-order valence-corrected chi connectivity index (χ3v) is 2.81. The molecule has 0 atom stereocenters. The van der Waals surface area contributed by atoms with Gasteiger partial charge in [0, 0.05) is 6.42 Å². The van der Waals surface area contributed by atoms with E-state index in [2.05, 4.69) is 19.9 Å². The average molecular weight is 255 g/mol. The van der Waals surface area contributed by atoms with Crippen LogP contribution in [0, 0.1) is 0 Å². The molecular formula is C13H13N5O. The number of anilines is 1. The zero-order valence-corrected chi connectivity index (χ0v) is 10.4. The number of aromatic nitrogens is 4. The lowest BCUT2D eigenvalue weighted by molar-refractivity contribution is 0.414. The van der Waals surface area contributed by atoms with E-state index in [-0.39, 0.29) is 5.95 Å². The number of nitrogens with one attached hydrogen (secondary N) is 1. The number of hydrogen-bond acceptors (Lipinski definition) is 5. The Kier molecular flexibility index (Phi) is 2.75. The van der Waals surface area contributed by atoms with Gasteiger partial charge in [0.25, 0.3) is 0 Å². The van der Waals surface area contributed by atoms with Crippen molar-refractivity contribution in [2.45, 2.75) is 6.42 Å². The first-order valence-electron chi connectivity index (χ1n) is 5.84. The number of nitrogen functional groups attached to an aromatic ring is 1. The number of methoxy groups -OCH3 is 1. The number of nitrogens with two attached hydrogens (primary N) is 1. The maximum Gasteiger partial charge on any atom is 0.222 e. The van der Waals surface area contributed by atoms with Crippen LogP contribution in [0.25, 0.3) is 11.2 Å². The van der Waals surface area contributed by atoms with E-state index in [4.69, 9.17) is 10.5 Å². The van der Waals surface area contributed by atoms with Crippen molar-refractivity contribution in [2.24, 2.45) is 0 Å². The van der Waals surface area contributed by atoms with Gasteiger partial charge in [-0.05, 0) is 17.7 Å². The number of fused-ring (bicyclic) bond motifs is 1. The Morgan fingerprint density at radius 2 is 2.21 bits per heavy atom. The maximum atomic E-state index is 5.53. The summed E-state index contributed by atoms with van der Waals surface area (Å²) in [5.74, 6) is 1.88. The Hall–Kier alpha value is -2.63. The van der Waals surface area contributed by atoms with Crippen molar-refractivity contribution in [1.82, 2.24) is 19.9 Å². The lowest BCUT2D eigenvalue weighted by atomic mass is 10.1. The third-order valence-electron chi connectivity index (χ3n) is 2.81. The van der Waals surface area contributed by atoms with Gasteiger partial charge >= 0.3 is 0 Å². The monoisotopic (exact) mass is 255 g/mol. The van der Waals surface area contributed by atoms with Crippen LogP contribution in [0.4, 0.5) is 5.95 Å². The van der Waals surface area contributed by atoms with Crippen LogP contribution in [0.5, 0.6) is 5.75 Å². The smallest absolute Gasteiger partial charge is 0.222 e. The lowest BCUT2D eigenvalue weighted by Crippen LogP contribution is -1.93. The highest BCUT2D eigenvalue weighted by Gasteiger charge is 2.06. The normalized spacial score (nSPS) is 10.8. The summed E-state index contributed by atoms with van der Waals surface area (Å²) in [6.45, 7) is 0. The first-order chi connectivity index (χ1) is 9.24. The molecule has 0 aliphatic carbocycles. The molecule has 6 heteroatoms. The fraction of sp³-hybridized carbons (Fsp3) is 0.154. The molecule has 3 N–H and O–H groups in total. The van der Waals surface area contributed by atoms with Gasteiger partial charge in [0.1, 0.15) is 17.1 Å². The molecule has 6 nitrogen and oxygen atoms in total. The van der Waals surface area contributed by atoms with Gasteiger partial charge in [-0.25, -0.2) is 9.97 Å². The Bertz CT molecular complexity index is 722. The minimum absolute atomic E-state index is 0.229. The molecule has 0 amide bonds. The molecule has 0 spiro atoms. The SMILES string of the molecule is COc1cccc(Cc2nc3nc(N)ncc3[nH]2)c1. The van der Waals surface area contributed by atoms with Crippen LogP contribution in [-0.2, 0) is 6.42 Å². The lowest BCUT2D eigenvalue weighted by Gasteiger charge is -2.02. The fourth-order valence-electron chi connectivity index (χ4n) is 1.93. The molecule has 0 saturated heterocycles. The molecule has 96 valence electrons. The van der Waals surface area contributed by atoms with E-state index >= 15 is 0 Å². The van der Waals surface area contributed by atoms with Crippen LogP contribution < -0.4 is 10.5 Å². The summed E-state index contributed by atoms with van der Waals surface area (Å²) < 4.78 is 5.20. The van der Waals surface area contributed by atoms with Crippen molar-refractivity contribution in [1.29, 1.82) is 0 Å². The van der Waals surface area contributed by atoms with Gasteiger partial charge in [-0.2, -0.15) is 4.98 Å². The summed E-state index contributed by atoms with van der Waals surface area (Å²) in [7, 11) is 1.65. The Balaban J connectivity index is 1.92. The predicted molar refractivity (Wildman–Crippen MR) is 71.9 cm³/mol. The second kappa shape index (κ2) is 4.56. The average Bonchev–Trinajstić information content (AvgIpc) is 2.80. The van der Waals surface area contributed by atoms with Crippen molar-refractivity contribution in [3.8, 4) is 5.75 Å². The van der Waals surface area contributed by atoms with Gasteiger partial charge in [-0.3, -0.25) is 0 Å². The Labute approximate surface area is 109 Å². The van der Waals surface area contributed by atoms with E-state index < -0.39 is 0 Å². The van der Waals surface area contributed by atoms with Crippen molar-refractivity contribution in [3.63, 3.8) is 0 Å². The van der Waals surface area contributed by atoms with Gasteiger partial charge in [0.2, 0.25) is 5.95 Å². The second-order valence-corrected chi connectivity index (χ2v) is 4.18. The van der Waals surface area contributed by atoms with Gasteiger partial charge < -0.3 is 15.5 Å². The molecule has 2 aromatic heterocycles. The number of nitrogens with zero attached hydrogens (tertiary/aromatic N) is 3. The van der Waals surface area contributed by atoms with Crippen LogP contribution in [0.3, 0.4) is 0 Å². The number of ether oxygens (including phenoxy) is 1. The van der Waals surface area contributed by atoms with E-state index in [1.54, 1.807) is 13.3 Å². The van der Waals surface area contributed by atoms with Gasteiger partial charge in [-0.15, -0.1) is 0 Å². The van der Waals surface area contributed by atoms with E-state index in [9.17, 15) is 0 Å². The summed E-state index contributed by atoms with van der Waals surface area (Å²) >= 11 is 0. The number of rotatable bonds is 3. The summed E-state index contributed by atoms with van der Waals surface area (Å²) in [5, 5.41) is 0. The first kappa shape index (κ1) is 11.5. The highest BCUT2D eigenvalue weighted by atomic mass is 16.5. The predicted octanol–water partition coefficient (Wildman–Crippen LogP) is 1.53. The molecule has 0 fully saturated rings. The van der Waals surface area contributed by atoms with E-state index in [0.29, 0.717) is 12.1 Å². The molecule has 0 aliphatic rings. The number of hydrogen-bond donors (Lipinski definition) is 2. The van der Waals surface area contributed by atoms with E-state index in [1.165, 1.54) is 0 Å². The maximum absolute atomic E-state index is 5.53. The van der Waals surface area contributed by atoms with Crippen molar-refractivity contribution in [2.75, 3.05) is 12.8 Å². The van der Waals surface area contributed by atoms with Crippen LogP contribution in [0.1, 0.15) is 11.4 Å². The molecular weight excluding hydrogens is 242 g/mol. The number of aromatic amines is 1. The van der Waals surface area contributed by atoms with E-state index in [1.807, 2.05) is 24.3 Å². The highest BCUT2D eigenvalue weighted by molar-refractivity contribution is 5.70. The third kappa shape index (κ3) is 2.33. The molecule has 0 saturated carbocycles. The minimum Gasteiger partial charge on any atom is -0.497 e. The number of imidazole rings is 1. The van der Waals surface area contributed by atoms with Gasteiger partial charge in [0.15, 0.2) is 5.65 Å². The molecule has 0 bridgehead atoms. The molecule has 0 unspecified atom stereocenters. The minimum atomic E-state index is 0.229. The molecule has 2 heterocycles. The summed E-state index contributed by atoms with van der Waals surface area (Å²) in [5.41, 5.74) is 8.01.